The second-order valence-electron chi connectivity index (χ2n) is 2.78. The van der Waals surface area contributed by atoms with E-state index in [9.17, 15) is 0 Å². The Labute approximate surface area is 49.4 Å². The van der Waals surface area contributed by atoms with E-state index < -0.39 is 0 Å². The predicted molar refractivity (Wildman–Crippen MR) is 30.8 cm³/mol. The topological polar surface area (TPSA) is 12.5 Å². The number of nitrogens with zero attached hydrogens (tertiary/aromatic N) is 1. The van der Waals surface area contributed by atoms with Gasteiger partial charge in [0.2, 0.25) is 0 Å². The van der Waals surface area contributed by atoms with Gasteiger partial charge in [-0.05, 0) is 13.5 Å². The van der Waals surface area contributed by atoms with Gasteiger partial charge in [0, 0.05) is 12.6 Å². The third kappa shape index (κ3) is 0.501. The van der Waals surface area contributed by atoms with Crippen LogP contribution in [-0.4, -0.2) is 37.2 Å². The lowest BCUT2D eigenvalue weighted by Crippen LogP contribution is -2.33. The maximum Gasteiger partial charge on any atom is 0.0718 e. The Morgan fingerprint density at radius 2 is 2.50 bits per heavy atom. The molecule has 0 amide bonds. The normalized spacial score (nSPS) is 46.1. The van der Waals surface area contributed by atoms with Gasteiger partial charge in [-0.3, -0.25) is 4.90 Å². The van der Waals surface area contributed by atoms with Crippen LogP contribution in [-0.2, 0) is 4.74 Å². The number of hydrogen-bond acceptors (Lipinski definition) is 2. The molecule has 0 spiro atoms. The van der Waals surface area contributed by atoms with Crippen LogP contribution >= 0.6 is 0 Å². The van der Waals surface area contributed by atoms with Crippen LogP contribution in [0.15, 0.2) is 0 Å². The molecule has 0 radical (unpaired) electrons. The smallest absolute Gasteiger partial charge is 0.0718 e. The van der Waals surface area contributed by atoms with Crippen LogP contribution in [0.3, 0.4) is 0 Å². The second-order valence-corrected chi connectivity index (χ2v) is 2.78. The number of ether oxygens (including phenoxy) is 1. The molecule has 0 aromatic rings. The maximum atomic E-state index is 5.38. The Morgan fingerprint density at radius 3 is 2.75 bits per heavy atom. The molecular formula is C6H11NO. The molecule has 2 bridgehead atoms. The van der Waals surface area contributed by atoms with E-state index in [1.54, 1.807) is 0 Å². The van der Waals surface area contributed by atoms with Crippen molar-refractivity contribution < 1.29 is 4.74 Å². The lowest BCUT2D eigenvalue weighted by Gasteiger charge is -2.21. The first kappa shape index (κ1) is 4.77. The zero-order chi connectivity index (χ0) is 5.56. The molecule has 2 fully saturated rings. The van der Waals surface area contributed by atoms with Crippen molar-refractivity contribution in [3.05, 3.63) is 0 Å². The second kappa shape index (κ2) is 1.45. The van der Waals surface area contributed by atoms with Crippen LogP contribution < -0.4 is 0 Å². The minimum Gasteiger partial charge on any atom is -0.375 e. The van der Waals surface area contributed by atoms with Gasteiger partial charge in [0.1, 0.15) is 0 Å². The average Bonchev–Trinajstić information content (AvgIpc) is 2.23. The molecule has 0 N–H and O–H groups in total. The predicted octanol–water partition coefficient (Wildman–Crippen LogP) is 0.0893. The van der Waals surface area contributed by atoms with Crippen LogP contribution in [0.1, 0.15) is 6.42 Å². The summed E-state index contributed by atoms with van der Waals surface area (Å²) in [5.41, 5.74) is 0. The van der Waals surface area contributed by atoms with Crippen molar-refractivity contribution in [2.45, 2.75) is 18.6 Å². The minimum absolute atomic E-state index is 0.574. The standard InChI is InChI=1S/C6H11NO/c1-7-3-6-2-5(7)4-8-6/h5-6H,2-4H2,1H3/t5-,6?/m0/s1. The van der Waals surface area contributed by atoms with Crippen LogP contribution in [0.5, 0.6) is 0 Å². The van der Waals surface area contributed by atoms with E-state index in [2.05, 4.69) is 11.9 Å². The highest BCUT2D eigenvalue weighted by Gasteiger charge is 2.36. The van der Waals surface area contributed by atoms with Crippen LogP contribution in [0, 0.1) is 0 Å². The van der Waals surface area contributed by atoms with E-state index in [0.29, 0.717) is 6.10 Å². The summed E-state index contributed by atoms with van der Waals surface area (Å²) in [6.07, 6.45) is 1.85. The molecule has 2 saturated heterocycles. The highest BCUT2D eigenvalue weighted by atomic mass is 16.5. The molecule has 8 heavy (non-hydrogen) atoms. The molecule has 46 valence electrons. The van der Waals surface area contributed by atoms with Crippen molar-refractivity contribution in [3.8, 4) is 0 Å². The molecule has 1 unspecified atom stereocenters. The van der Waals surface area contributed by atoms with Crippen molar-refractivity contribution in [1.82, 2.24) is 4.90 Å². The van der Waals surface area contributed by atoms with Crippen molar-refractivity contribution >= 4 is 0 Å². The van der Waals surface area contributed by atoms with Crippen molar-refractivity contribution in [2.24, 2.45) is 0 Å². The largest absolute Gasteiger partial charge is 0.375 e. The van der Waals surface area contributed by atoms with E-state index in [-0.39, 0.29) is 0 Å². The molecule has 2 heteroatoms. The minimum atomic E-state index is 0.574. The Bertz CT molecular complexity index is 103. The molecule has 2 nitrogen and oxygen atoms in total. The van der Waals surface area contributed by atoms with Gasteiger partial charge < -0.3 is 4.74 Å². The van der Waals surface area contributed by atoms with Gasteiger partial charge in [-0.2, -0.15) is 0 Å². The number of hydrogen-bond donors (Lipinski definition) is 0. The fourth-order valence-electron chi connectivity index (χ4n) is 1.59. The summed E-state index contributed by atoms with van der Waals surface area (Å²) in [6.45, 7) is 2.13. The molecule has 0 aromatic heterocycles. The number of fused-ring (bicyclic) bond motifs is 2. The van der Waals surface area contributed by atoms with Crippen LogP contribution in [0.2, 0.25) is 0 Å². The lowest BCUT2D eigenvalue weighted by atomic mass is 10.2. The summed E-state index contributed by atoms with van der Waals surface area (Å²) in [7, 11) is 2.17. The first-order chi connectivity index (χ1) is 3.86. The molecule has 2 heterocycles. The highest BCUT2D eigenvalue weighted by molar-refractivity contribution is 4.89. The van der Waals surface area contributed by atoms with E-state index in [1.807, 2.05) is 0 Å². The molecule has 2 aliphatic heterocycles. The number of likely N-dealkylation sites (N-methyl/N-ethyl adjacent to an activating group) is 1. The summed E-state index contributed by atoms with van der Waals surface area (Å²) in [5, 5.41) is 0. The molecule has 0 aromatic carbocycles. The van der Waals surface area contributed by atoms with Gasteiger partial charge in [0.05, 0.1) is 12.7 Å². The lowest BCUT2D eigenvalue weighted by molar-refractivity contribution is 0.0416. The van der Waals surface area contributed by atoms with E-state index >= 15 is 0 Å². The van der Waals surface area contributed by atoms with Gasteiger partial charge in [-0.15, -0.1) is 0 Å². The molecule has 2 atom stereocenters. The highest BCUT2D eigenvalue weighted by Crippen LogP contribution is 2.25. The van der Waals surface area contributed by atoms with Crippen molar-refractivity contribution in [2.75, 3.05) is 20.2 Å². The molecule has 2 rings (SSSR count). The SMILES string of the molecule is CN1CC2C[C@H]1CO2. The summed E-state index contributed by atoms with van der Waals surface area (Å²) in [6, 6.07) is 0.750. The fourth-order valence-corrected chi connectivity index (χ4v) is 1.59. The van der Waals surface area contributed by atoms with Gasteiger partial charge in [0.25, 0.3) is 0 Å². The third-order valence-electron chi connectivity index (χ3n) is 2.17. The maximum absolute atomic E-state index is 5.38. The van der Waals surface area contributed by atoms with Crippen molar-refractivity contribution in [1.29, 1.82) is 0 Å². The van der Waals surface area contributed by atoms with E-state index in [0.717, 1.165) is 19.2 Å². The van der Waals surface area contributed by atoms with Gasteiger partial charge >= 0.3 is 0 Å². The number of rotatable bonds is 0. The average molecular weight is 113 g/mol. The van der Waals surface area contributed by atoms with Crippen molar-refractivity contribution in [3.63, 3.8) is 0 Å². The van der Waals surface area contributed by atoms with Crippen LogP contribution in [0.25, 0.3) is 0 Å². The molecule has 0 saturated carbocycles. The summed E-state index contributed by atoms with van der Waals surface area (Å²) in [4.78, 5) is 2.38. The number of likely N-dealkylation sites (tertiary alicyclic amines) is 1. The van der Waals surface area contributed by atoms with Gasteiger partial charge in [-0.1, -0.05) is 0 Å². The summed E-state index contributed by atoms with van der Waals surface area (Å²) in [5.74, 6) is 0. The van der Waals surface area contributed by atoms with Gasteiger partial charge in [0.15, 0.2) is 0 Å². The van der Waals surface area contributed by atoms with E-state index in [4.69, 9.17) is 4.74 Å². The molecule has 0 aliphatic carbocycles. The first-order valence-electron chi connectivity index (χ1n) is 3.18. The number of morpholine rings is 1. The molecular weight excluding hydrogens is 102 g/mol. The Hall–Kier alpha value is -0.0800. The van der Waals surface area contributed by atoms with Crippen LogP contribution in [0.4, 0.5) is 0 Å². The first-order valence-corrected chi connectivity index (χ1v) is 3.18. The Morgan fingerprint density at radius 1 is 1.62 bits per heavy atom. The summed E-state index contributed by atoms with van der Waals surface area (Å²) >= 11 is 0. The zero-order valence-electron chi connectivity index (χ0n) is 5.13. The van der Waals surface area contributed by atoms with E-state index in [1.165, 1.54) is 6.42 Å². The molecule has 2 aliphatic rings. The zero-order valence-corrected chi connectivity index (χ0v) is 5.13. The Balaban J connectivity index is 2.11. The third-order valence-corrected chi connectivity index (χ3v) is 2.17. The summed E-state index contributed by atoms with van der Waals surface area (Å²) < 4.78 is 5.38. The fraction of sp³-hybridized carbons (Fsp3) is 1.00. The van der Waals surface area contributed by atoms with Gasteiger partial charge in [-0.25, -0.2) is 0 Å². The quantitative estimate of drug-likeness (QED) is 0.441. The Kier molecular flexibility index (Phi) is 0.866. The monoisotopic (exact) mass is 113 g/mol.